The third-order valence-electron chi connectivity index (χ3n) is 3.98. The second kappa shape index (κ2) is 5.93. The summed E-state index contributed by atoms with van der Waals surface area (Å²) < 4.78 is 16.0. The first-order chi connectivity index (χ1) is 10.9. The molecule has 0 aliphatic carbocycles. The fourth-order valence-corrected chi connectivity index (χ4v) is 2.62. The van der Waals surface area contributed by atoms with Gasteiger partial charge in [0.05, 0.1) is 6.10 Å². The number of aliphatic hydroxyl groups excluding tert-OH is 3. The van der Waals surface area contributed by atoms with E-state index < -0.39 is 36.3 Å². The van der Waals surface area contributed by atoms with Gasteiger partial charge >= 0.3 is 5.63 Å². The summed E-state index contributed by atoms with van der Waals surface area (Å²) in [6, 6.07) is 6.29. The second-order valence-electron chi connectivity index (χ2n) is 5.71. The van der Waals surface area contributed by atoms with Gasteiger partial charge in [0.15, 0.2) is 0 Å². The molecule has 1 aromatic carbocycles. The Morgan fingerprint density at radius 3 is 2.57 bits per heavy atom. The number of rotatable bonds is 2. The Labute approximate surface area is 131 Å². The lowest BCUT2D eigenvalue weighted by Gasteiger charge is -2.38. The molecule has 0 saturated carbocycles. The van der Waals surface area contributed by atoms with Crippen LogP contribution in [0.15, 0.2) is 33.5 Å². The van der Waals surface area contributed by atoms with Gasteiger partial charge in [0.25, 0.3) is 0 Å². The van der Waals surface area contributed by atoms with Crippen molar-refractivity contribution in [1.82, 2.24) is 0 Å². The monoisotopic (exact) mass is 322 g/mol. The molecule has 1 saturated heterocycles. The van der Waals surface area contributed by atoms with E-state index in [1.807, 2.05) is 0 Å². The van der Waals surface area contributed by atoms with Gasteiger partial charge in [0, 0.05) is 17.5 Å². The lowest BCUT2D eigenvalue weighted by Crippen LogP contribution is -2.58. The Morgan fingerprint density at radius 1 is 1.09 bits per heavy atom. The number of benzene rings is 1. The third-order valence-corrected chi connectivity index (χ3v) is 3.98. The molecule has 0 bridgehead atoms. The number of ether oxygens (including phenoxy) is 2. The minimum absolute atomic E-state index is 0.311. The standard InChI is InChI=1S/C16H18O7/c1-7-5-12(17)23-11-6-9(3-4-10(7)11)22-16-15(20)14(19)13(18)8(2)21-16/h3-6,8,13-16,18-20H,1-2H3/t8-,13+,14-,15-,16+/m1/s1. The molecule has 7 heteroatoms. The Balaban J connectivity index is 1.88. The fraction of sp³-hybridized carbons (Fsp3) is 0.438. The highest BCUT2D eigenvalue weighted by Gasteiger charge is 2.43. The van der Waals surface area contributed by atoms with Crippen LogP contribution in [0.1, 0.15) is 12.5 Å². The van der Waals surface area contributed by atoms with Crippen LogP contribution >= 0.6 is 0 Å². The van der Waals surface area contributed by atoms with E-state index in [2.05, 4.69) is 0 Å². The van der Waals surface area contributed by atoms with E-state index in [1.54, 1.807) is 26.0 Å². The zero-order valence-electron chi connectivity index (χ0n) is 12.7. The molecule has 3 rings (SSSR count). The van der Waals surface area contributed by atoms with Crippen LogP contribution in [0.5, 0.6) is 5.75 Å². The molecule has 2 heterocycles. The van der Waals surface area contributed by atoms with Crippen molar-refractivity contribution in [3.63, 3.8) is 0 Å². The minimum Gasteiger partial charge on any atom is -0.462 e. The van der Waals surface area contributed by atoms with Gasteiger partial charge < -0.3 is 29.2 Å². The van der Waals surface area contributed by atoms with E-state index in [-0.39, 0.29) is 0 Å². The molecule has 5 atom stereocenters. The molecule has 2 aromatic rings. The van der Waals surface area contributed by atoms with Crippen molar-refractivity contribution >= 4 is 11.0 Å². The van der Waals surface area contributed by atoms with Crippen molar-refractivity contribution < 1.29 is 29.2 Å². The van der Waals surface area contributed by atoms with Gasteiger partial charge in [-0.25, -0.2) is 4.79 Å². The molecule has 0 unspecified atom stereocenters. The molecule has 7 nitrogen and oxygen atoms in total. The maximum absolute atomic E-state index is 11.4. The number of aryl methyl sites for hydroxylation is 1. The lowest BCUT2D eigenvalue weighted by molar-refractivity contribution is -0.268. The van der Waals surface area contributed by atoms with Gasteiger partial charge in [-0.15, -0.1) is 0 Å². The molecule has 0 spiro atoms. The number of fused-ring (bicyclic) bond motifs is 1. The summed E-state index contributed by atoms with van der Waals surface area (Å²) in [5.74, 6) is 0.311. The maximum atomic E-state index is 11.4. The van der Waals surface area contributed by atoms with Gasteiger partial charge in [-0.2, -0.15) is 0 Å². The van der Waals surface area contributed by atoms with E-state index in [9.17, 15) is 20.1 Å². The maximum Gasteiger partial charge on any atom is 0.336 e. The zero-order valence-corrected chi connectivity index (χ0v) is 12.7. The first-order valence-electron chi connectivity index (χ1n) is 7.27. The first kappa shape index (κ1) is 15.9. The van der Waals surface area contributed by atoms with Crippen molar-refractivity contribution in [2.75, 3.05) is 0 Å². The van der Waals surface area contributed by atoms with E-state index in [0.717, 1.165) is 10.9 Å². The second-order valence-corrected chi connectivity index (χ2v) is 5.71. The van der Waals surface area contributed by atoms with Crippen LogP contribution in [0.25, 0.3) is 11.0 Å². The van der Waals surface area contributed by atoms with Crippen LogP contribution in [-0.2, 0) is 4.74 Å². The zero-order chi connectivity index (χ0) is 16.7. The van der Waals surface area contributed by atoms with Crippen molar-refractivity contribution in [3.8, 4) is 5.75 Å². The van der Waals surface area contributed by atoms with Gasteiger partial charge in [-0.1, -0.05) is 0 Å². The quantitative estimate of drug-likeness (QED) is 0.683. The summed E-state index contributed by atoms with van der Waals surface area (Å²) in [4.78, 5) is 11.4. The van der Waals surface area contributed by atoms with Crippen molar-refractivity contribution in [2.45, 2.75) is 44.6 Å². The molecule has 1 aliphatic rings. The molecule has 3 N–H and O–H groups in total. The molecule has 1 aromatic heterocycles. The molecule has 0 radical (unpaired) electrons. The molecular weight excluding hydrogens is 304 g/mol. The van der Waals surface area contributed by atoms with E-state index in [1.165, 1.54) is 12.1 Å². The Hall–Kier alpha value is -1.93. The highest BCUT2D eigenvalue weighted by molar-refractivity contribution is 5.81. The summed E-state index contributed by atoms with van der Waals surface area (Å²) >= 11 is 0. The van der Waals surface area contributed by atoms with E-state index in [0.29, 0.717) is 11.3 Å². The van der Waals surface area contributed by atoms with Crippen LogP contribution in [0.4, 0.5) is 0 Å². The Bertz CT molecular complexity index is 769. The topological polar surface area (TPSA) is 109 Å². The summed E-state index contributed by atoms with van der Waals surface area (Å²) in [6.07, 6.45) is -5.80. The predicted molar refractivity (Wildman–Crippen MR) is 80.2 cm³/mol. The number of aliphatic hydroxyl groups is 3. The summed E-state index contributed by atoms with van der Waals surface area (Å²) in [5, 5.41) is 30.2. The molecule has 124 valence electrons. The van der Waals surface area contributed by atoms with Crippen LogP contribution in [0.2, 0.25) is 0 Å². The molecule has 1 fully saturated rings. The molecule has 23 heavy (non-hydrogen) atoms. The minimum atomic E-state index is -1.40. The van der Waals surface area contributed by atoms with Crippen molar-refractivity contribution in [2.24, 2.45) is 0 Å². The van der Waals surface area contributed by atoms with Gasteiger partial charge in [-0.05, 0) is 31.5 Å². The van der Waals surface area contributed by atoms with Crippen LogP contribution < -0.4 is 10.4 Å². The Morgan fingerprint density at radius 2 is 1.83 bits per heavy atom. The predicted octanol–water partition coefficient (Wildman–Crippen LogP) is 0.308. The Kier molecular flexibility index (Phi) is 4.11. The van der Waals surface area contributed by atoms with Crippen molar-refractivity contribution in [3.05, 3.63) is 40.2 Å². The van der Waals surface area contributed by atoms with Crippen LogP contribution in [0.3, 0.4) is 0 Å². The van der Waals surface area contributed by atoms with E-state index >= 15 is 0 Å². The van der Waals surface area contributed by atoms with Crippen molar-refractivity contribution in [1.29, 1.82) is 0 Å². The number of hydrogen-bond donors (Lipinski definition) is 3. The largest absolute Gasteiger partial charge is 0.462 e. The van der Waals surface area contributed by atoms with Crippen LogP contribution in [0, 0.1) is 6.92 Å². The molecule has 0 amide bonds. The summed E-state index contributed by atoms with van der Waals surface area (Å²) in [5.41, 5.74) is 0.670. The average molecular weight is 322 g/mol. The van der Waals surface area contributed by atoms with Gasteiger partial charge in [0.2, 0.25) is 6.29 Å². The first-order valence-corrected chi connectivity index (χ1v) is 7.27. The summed E-state index contributed by atoms with van der Waals surface area (Å²) in [6.45, 7) is 3.37. The smallest absolute Gasteiger partial charge is 0.336 e. The highest BCUT2D eigenvalue weighted by atomic mass is 16.7. The third kappa shape index (κ3) is 2.96. The lowest BCUT2D eigenvalue weighted by atomic mass is 10.00. The number of hydrogen-bond acceptors (Lipinski definition) is 7. The van der Waals surface area contributed by atoms with Gasteiger partial charge in [0.1, 0.15) is 29.6 Å². The highest BCUT2D eigenvalue weighted by Crippen LogP contribution is 2.27. The summed E-state index contributed by atoms with van der Waals surface area (Å²) in [7, 11) is 0. The molecule has 1 aliphatic heterocycles. The normalized spacial score (nSPS) is 31.3. The van der Waals surface area contributed by atoms with Crippen LogP contribution in [-0.4, -0.2) is 46.0 Å². The van der Waals surface area contributed by atoms with E-state index in [4.69, 9.17) is 13.9 Å². The molecular formula is C16H18O7. The van der Waals surface area contributed by atoms with Gasteiger partial charge in [-0.3, -0.25) is 0 Å². The SMILES string of the molecule is Cc1cc(=O)oc2cc(O[C@@H]3O[C@H](C)[C@H](O)[C@@H](O)[C@H]3O)ccc12. The fourth-order valence-electron chi connectivity index (χ4n) is 2.62. The average Bonchev–Trinajstić information content (AvgIpc) is 2.50.